The lowest BCUT2D eigenvalue weighted by Crippen LogP contribution is -2.15. The Kier molecular flexibility index (Phi) is 1.38. The van der Waals surface area contributed by atoms with Crippen LogP contribution in [-0.4, -0.2) is 13.6 Å². The van der Waals surface area contributed by atoms with Gasteiger partial charge in [-0.05, 0) is 24.3 Å². The lowest BCUT2D eigenvalue weighted by Gasteiger charge is -2.24. The molecule has 0 saturated heterocycles. The van der Waals surface area contributed by atoms with E-state index in [4.69, 9.17) is 18.9 Å². The van der Waals surface area contributed by atoms with Gasteiger partial charge in [0.25, 0.3) is 0 Å². The van der Waals surface area contributed by atoms with E-state index in [1.165, 1.54) is 0 Å². The van der Waals surface area contributed by atoms with Crippen LogP contribution in [0, 0.1) is 0 Å². The first-order valence-electron chi connectivity index (χ1n) is 5.04. The lowest BCUT2D eigenvalue weighted by molar-refractivity contribution is 0.104. The summed E-state index contributed by atoms with van der Waals surface area (Å²) in [6, 6.07) is 7.61. The number of hydrogen-bond acceptors (Lipinski definition) is 4. The fourth-order valence-electron chi connectivity index (χ4n) is 2.17. The molecule has 0 fully saturated rings. The number of benzene rings is 2. The summed E-state index contributed by atoms with van der Waals surface area (Å²) in [6.45, 7) is 0.505. The maximum atomic E-state index is 5.44. The van der Waals surface area contributed by atoms with Gasteiger partial charge in [0, 0.05) is 0 Å². The second-order valence-corrected chi connectivity index (χ2v) is 3.69. The number of hydrogen-bond donors (Lipinski definition) is 0. The smallest absolute Gasteiger partial charge is 0.230 e. The zero-order valence-corrected chi connectivity index (χ0v) is 8.36. The Bertz CT molecular complexity index is 492. The third kappa shape index (κ3) is 0.888. The molecule has 2 heterocycles. The van der Waals surface area contributed by atoms with Crippen LogP contribution in [0.1, 0.15) is 0 Å². The molecule has 0 N–H and O–H groups in total. The van der Waals surface area contributed by atoms with Crippen LogP contribution in [0.25, 0.3) is 10.8 Å². The molecule has 4 nitrogen and oxygen atoms in total. The van der Waals surface area contributed by atoms with Crippen LogP contribution in [0.5, 0.6) is 23.0 Å². The van der Waals surface area contributed by atoms with Crippen LogP contribution in [0.3, 0.4) is 0 Å². The highest BCUT2D eigenvalue weighted by Crippen LogP contribution is 2.47. The summed E-state index contributed by atoms with van der Waals surface area (Å²) in [6.07, 6.45) is 0. The Morgan fingerprint density at radius 1 is 0.562 bits per heavy atom. The molecule has 4 rings (SSSR count). The molecular weight excluding hydrogens is 208 g/mol. The van der Waals surface area contributed by atoms with Crippen molar-refractivity contribution in [1.82, 2.24) is 0 Å². The van der Waals surface area contributed by atoms with Gasteiger partial charge >= 0.3 is 0 Å². The summed E-state index contributed by atoms with van der Waals surface area (Å²) < 4.78 is 21.8. The van der Waals surface area contributed by atoms with Gasteiger partial charge in [0.2, 0.25) is 13.6 Å². The fraction of sp³-hybridized carbons (Fsp3) is 0.167. The second-order valence-electron chi connectivity index (χ2n) is 3.69. The molecule has 0 radical (unpaired) electrons. The molecule has 2 aliphatic heterocycles. The molecule has 0 amide bonds. The lowest BCUT2D eigenvalue weighted by atomic mass is 10.1. The summed E-state index contributed by atoms with van der Waals surface area (Å²) in [7, 11) is 0. The van der Waals surface area contributed by atoms with Crippen molar-refractivity contribution in [3.8, 4) is 23.0 Å². The van der Waals surface area contributed by atoms with Crippen LogP contribution in [-0.2, 0) is 0 Å². The first kappa shape index (κ1) is 8.10. The minimum Gasteiger partial charge on any atom is -0.457 e. The van der Waals surface area contributed by atoms with E-state index in [0.29, 0.717) is 0 Å². The minimum atomic E-state index is 0.252. The molecule has 0 aliphatic carbocycles. The normalized spacial score (nSPS) is 15.8. The van der Waals surface area contributed by atoms with Gasteiger partial charge < -0.3 is 18.9 Å². The van der Waals surface area contributed by atoms with E-state index in [2.05, 4.69) is 0 Å². The van der Waals surface area contributed by atoms with Crippen molar-refractivity contribution < 1.29 is 18.9 Å². The summed E-state index contributed by atoms with van der Waals surface area (Å²) in [5.41, 5.74) is 0. The highest BCUT2D eigenvalue weighted by Gasteiger charge is 2.23. The van der Waals surface area contributed by atoms with E-state index in [1.54, 1.807) is 0 Å². The van der Waals surface area contributed by atoms with E-state index in [-0.39, 0.29) is 13.6 Å². The Balaban J connectivity index is 2.21. The van der Waals surface area contributed by atoms with Gasteiger partial charge in [0.1, 0.15) is 23.0 Å². The zero-order valence-electron chi connectivity index (χ0n) is 8.36. The monoisotopic (exact) mass is 216 g/mol. The van der Waals surface area contributed by atoms with Crippen molar-refractivity contribution >= 4 is 10.8 Å². The largest absolute Gasteiger partial charge is 0.457 e. The van der Waals surface area contributed by atoms with Crippen molar-refractivity contribution in [1.29, 1.82) is 0 Å². The van der Waals surface area contributed by atoms with Gasteiger partial charge in [-0.3, -0.25) is 0 Å². The van der Waals surface area contributed by atoms with Crippen molar-refractivity contribution in [2.45, 2.75) is 0 Å². The van der Waals surface area contributed by atoms with Crippen LogP contribution >= 0.6 is 0 Å². The van der Waals surface area contributed by atoms with Crippen molar-refractivity contribution in [2.24, 2.45) is 0 Å². The molecular formula is C12H8O4. The Labute approximate surface area is 91.3 Å². The minimum absolute atomic E-state index is 0.252. The Morgan fingerprint density at radius 3 is 1.19 bits per heavy atom. The zero-order chi connectivity index (χ0) is 10.5. The SMILES string of the molecule is c1cc2c3c(ccc4c3c1OCO4)OCO2. The average molecular weight is 216 g/mol. The number of rotatable bonds is 0. The summed E-state index contributed by atoms with van der Waals surface area (Å²) in [5.74, 6) is 3.26. The summed E-state index contributed by atoms with van der Waals surface area (Å²) >= 11 is 0. The van der Waals surface area contributed by atoms with Gasteiger partial charge in [-0.25, -0.2) is 0 Å². The van der Waals surface area contributed by atoms with Crippen LogP contribution < -0.4 is 18.9 Å². The summed E-state index contributed by atoms with van der Waals surface area (Å²) in [5, 5.41) is 1.86. The predicted molar refractivity (Wildman–Crippen MR) is 56.2 cm³/mol. The van der Waals surface area contributed by atoms with Crippen molar-refractivity contribution in [2.75, 3.05) is 13.6 Å². The van der Waals surface area contributed by atoms with Gasteiger partial charge in [-0.15, -0.1) is 0 Å². The Morgan fingerprint density at radius 2 is 0.875 bits per heavy atom. The Hall–Kier alpha value is -2.10. The molecule has 4 heteroatoms. The van der Waals surface area contributed by atoms with E-state index >= 15 is 0 Å². The topological polar surface area (TPSA) is 36.9 Å². The van der Waals surface area contributed by atoms with Gasteiger partial charge in [-0.1, -0.05) is 0 Å². The third-order valence-corrected chi connectivity index (χ3v) is 2.87. The highest BCUT2D eigenvalue weighted by atomic mass is 16.7. The molecule has 0 atom stereocenters. The van der Waals surface area contributed by atoms with Crippen LogP contribution in [0.15, 0.2) is 24.3 Å². The average Bonchev–Trinajstić information content (AvgIpc) is 2.36. The quantitative estimate of drug-likeness (QED) is 0.677. The fourth-order valence-corrected chi connectivity index (χ4v) is 2.17. The van der Waals surface area contributed by atoms with Crippen molar-refractivity contribution in [3.05, 3.63) is 24.3 Å². The van der Waals surface area contributed by atoms with Crippen molar-refractivity contribution in [3.63, 3.8) is 0 Å². The first-order valence-corrected chi connectivity index (χ1v) is 5.04. The summed E-state index contributed by atoms with van der Waals surface area (Å²) in [4.78, 5) is 0. The van der Waals surface area contributed by atoms with E-state index in [1.807, 2.05) is 24.3 Å². The maximum Gasteiger partial charge on any atom is 0.230 e. The third-order valence-electron chi connectivity index (χ3n) is 2.87. The first-order chi connectivity index (χ1) is 7.93. The highest BCUT2D eigenvalue weighted by molar-refractivity contribution is 6.02. The molecule has 0 spiro atoms. The molecule has 0 aromatic heterocycles. The predicted octanol–water partition coefficient (Wildman–Crippen LogP) is 2.30. The van der Waals surface area contributed by atoms with Gasteiger partial charge in [0.15, 0.2) is 0 Å². The van der Waals surface area contributed by atoms with Crippen LogP contribution in [0.2, 0.25) is 0 Å². The molecule has 2 aliphatic rings. The molecule has 2 aromatic carbocycles. The molecule has 16 heavy (non-hydrogen) atoms. The molecule has 0 unspecified atom stereocenters. The number of ether oxygens (including phenoxy) is 4. The standard InChI is InChI=1S/C12H8O4/c1-2-8-12-10(16-6-14-8)4-3-9-11(12)7(1)13-5-15-9/h1-4H,5-6H2. The van der Waals surface area contributed by atoms with Gasteiger partial charge in [0.05, 0.1) is 10.8 Å². The second kappa shape index (κ2) is 2.72. The molecule has 2 aromatic rings. The molecule has 0 bridgehead atoms. The maximum absolute atomic E-state index is 5.44. The molecule has 80 valence electrons. The van der Waals surface area contributed by atoms with E-state index < -0.39 is 0 Å². The van der Waals surface area contributed by atoms with Gasteiger partial charge in [-0.2, -0.15) is 0 Å². The van der Waals surface area contributed by atoms with E-state index in [0.717, 1.165) is 33.8 Å². The molecule has 0 saturated carbocycles. The van der Waals surface area contributed by atoms with Crippen LogP contribution in [0.4, 0.5) is 0 Å². The van der Waals surface area contributed by atoms with E-state index in [9.17, 15) is 0 Å².